The molecule has 4 aromatic rings. The molecule has 0 aliphatic heterocycles. The van der Waals surface area contributed by atoms with Crippen molar-refractivity contribution in [1.29, 1.82) is 0 Å². The zero-order valence-electron chi connectivity index (χ0n) is 21.2. The maximum Gasteiger partial charge on any atom is 0.258 e. The molecule has 0 atom stereocenters. The maximum atomic E-state index is 13.7. The molecule has 0 spiro atoms. The topological polar surface area (TPSA) is 67.5 Å². The highest BCUT2D eigenvalue weighted by atomic mass is 35.5. The number of carbonyl (C=O) groups excluding carboxylic acids is 1. The second-order valence-corrected chi connectivity index (χ2v) is 9.65. The number of amides is 1. The number of nitrogens with zero attached hydrogens (tertiary/aromatic N) is 2. The number of aromatic amines is 1. The minimum atomic E-state index is -0.105. The van der Waals surface area contributed by atoms with E-state index in [0.29, 0.717) is 42.5 Å². The Bertz CT molecular complexity index is 1350. The number of H-pyrrole nitrogens is 1. The van der Waals surface area contributed by atoms with Crippen molar-refractivity contribution in [2.24, 2.45) is 5.92 Å². The van der Waals surface area contributed by atoms with Crippen LogP contribution in [0.3, 0.4) is 0 Å². The molecule has 6 nitrogen and oxygen atoms in total. The summed E-state index contributed by atoms with van der Waals surface area (Å²) in [7, 11) is 3.15. The Morgan fingerprint density at radius 3 is 2.53 bits per heavy atom. The molecule has 1 heterocycles. The minimum absolute atomic E-state index is 0.105. The lowest BCUT2D eigenvalue weighted by molar-refractivity contribution is 0.0728. The van der Waals surface area contributed by atoms with Crippen molar-refractivity contribution < 1.29 is 14.3 Å². The Morgan fingerprint density at radius 2 is 1.81 bits per heavy atom. The van der Waals surface area contributed by atoms with Gasteiger partial charge in [0.05, 0.1) is 37.4 Å². The van der Waals surface area contributed by atoms with E-state index in [-0.39, 0.29) is 5.91 Å². The first-order valence-electron chi connectivity index (χ1n) is 12.1. The van der Waals surface area contributed by atoms with Gasteiger partial charge < -0.3 is 19.4 Å². The number of para-hydroxylation sites is 1. The normalized spacial score (nSPS) is 11.2. The largest absolute Gasteiger partial charge is 0.497 e. The summed E-state index contributed by atoms with van der Waals surface area (Å²) in [5, 5.41) is 0.740. The number of methoxy groups -OCH3 is 2. The van der Waals surface area contributed by atoms with Gasteiger partial charge in [0.2, 0.25) is 0 Å². The van der Waals surface area contributed by atoms with Crippen LogP contribution in [0.15, 0.2) is 60.7 Å². The highest BCUT2D eigenvalue weighted by Gasteiger charge is 2.22. The van der Waals surface area contributed by atoms with Gasteiger partial charge in [0.1, 0.15) is 17.3 Å². The maximum absolute atomic E-state index is 13.7. The van der Waals surface area contributed by atoms with Crippen LogP contribution in [0.25, 0.3) is 11.0 Å². The molecule has 1 N–H and O–H groups in total. The quantitative estimate of drug-likeness (QED) is 0.266. The molecule has 0 aliphatic carbocycles. The third kappa shape index (κ3) is 5.82. The van der Waals surface area contributed by atoms with Crippen LogP contribution in [-0.2, 0) is 13.0 Å². The predicted octanol–water partition coefficient (Wildman–Crippen LogP) is 6.51. The standard InChI is InChI=1S/C29H32ClN3O3/c1-19(2)14-15-33(29(34)23-13-12-22(35-3)17-26(23)36-4)18-27-31-25-11-7-9-21(28(25)32-27)16-20-8-5-6-10-24(20)30/h5-13,17,19H,14-16,18H2,1-4H3,(H,31,32). The van der Waals surface area contributed by atoms with E-state index < -0.39 is 0 Å². The molecule has 1 aromatic heterocycles. The van der Waals surface area contributed by atoms with Crippen LogP contribution in [0.1, 0.15) is 47.6 Å². The summed E-state index contributed by atoms with van der Waals surface area (Å²) >= 11 is 6.41. The number of ether oxygens (including phenoxy) is 2. The van der Waals surface area contributed by atoms with Crippen LogP contribution in [0, 0.1) is 5.92 Å². The first-order chi connectivity index (χ1) is 17.4. The Labute approximate surface area is 217 Å². The van der Waals surface area contributed by atoms with E-state index in [1.807, 2.05) is 41.3 Å². The molecule has 0 aliphatic rings. The first-order valence-corrected chi connectivity index (χ1v) is 12.5. The van der Waals surface area contributed by atoms with Gasteiger partial charge in [0.15, 0.2) is 0 Å². The van der Waals surface area contributed by atoms with Crippen molar-refractivity contribution >= 4 is 28.5 Å². The third-order valence-corrected chi connectivity index (χ3v) is 6.60. The fourth-order valence-corrected chi connectivity index (χ4v) is 4.40. The van der Waals surface area contributed by atoms with E-state index in [0.717, 1.165) is 39.4 Å². The summed E-state index contributed by atoms with van der Waals surface area (Å²) in [5.74, 6) is 2.21. The third-order valence-electron chi connectivity index (χ3n) is 6.23. The summed E-state index contributed by atoms with van der Waals surface area (Å²) in [6, 6.07) is 19.2. The predicted molar refractivity (Wildman–Crippen MR) is 144 cm³/mol. The van der Waals surface area contributed by atoms with Gasteiger partial charge in [-0.1, -0.05) is 55.8 Å². The second kappa shape index (κ2) is 11.5. The van der Waals surface area contributed by atoms with E-state index in [9.17, 15) is 4.79 Å². The lowest BCUT2D eigenvalue weighted by atomic mass is 10.0. The van der Waals surface area contributed by atoms with Gasteiger partial charge in [-0.05, 0) is 47.7 Å². The van der Waals surface area contributed by atoms with Crippen LogP contribution < -0.4 is 9.47 Å². The summed E-state index contributed by atoms with van der Waals surface area (Å²) in [6.07, 6.45) is 1.56. The van der Waals surface area contributed by atoms with Crippen molar-refractivity contribution in [3.05, 3.63) is 88.2 Å². The highest BCUT2D eigenvalue weighted by molar-refractivity contribution is 6.31. The number of halogens is 1. The number of nitrogens with one attached hydrogen (secondary N) is 1. The highest BCUT2D eigenvalue weighted by Crippen LogP contribution is 2.27. The number of imidazole rings is 1. The number of hydrogen-bond acceptors (Lipinski definition) is 4. The fourth-order valence-electron chi connectivity index (χ4n) is 4.20. The van der Waals surface area contributed by atoms with Gasteiger partial charge in [0.25, 0.3) is 5.91 Å². The molecule has 0 saturated heterocycles. The van der Waals surface area contributed by atoms with Gasteiger partial charge in [-0.15, -0.1) is 0 Å². The summed E-state index contributed by atoms with van der Waals surface area (Å²) in [4.78, 5) is 23.8. The number of rotatable bonds is 10. The van der Waals surface area contributed by atoms with Crippen LogP contribution in [0.5, 0.6) is 11.5 Å². The number of fused-ring (bicyclic) bond motifs is 1. The molecule has 0 bridgehead atoms. The van der Waals surface area contributed by atoms with E-state index in [4.69, 9.17) is 26.1 Å². The van der Waals surface area contributed by atoms with Crippen molar-refractivity contribution in [3.63, 3.8) is 0 Å². The number of carbonyl (C=O) groups is 1. The average molecular weight is 506 g/mol. The smallest absolute Gasteiger partial charge is 0.258 e. The Kier molecular flexibility index (Phi) is 8.16. The first kappa shape index (κ1) is 25.6. The van der Waals surface area contributed by atoms with E-state index >= 15 is 0 Å². The van der Waals surface area contributed by atoms with Crippen LogP contribution in [0.4, 0.5) is 0 Å². The van der Waals surface area contributed by atoms with Gasteiger partial charge in [-0.25, -0.2) is 4.98 Å². The van der Waals surface area contributed by atoms with Crippen molar-refractivity contribution in [3.8, 4) is 11.5 Å². The van der Waals surface area contributed by atoms with Crippen LogP contribution in [-0.4, -0.2) is 41.5 Å². The van der Waals surface area contributed by atoms with E-state index in [2.05, 4.69) is 24.9 Å². The zero-order chi connectivity index (χ0) is 25.7. The number of hydrogen-bond donors (Lipinski definition) is 1. The second-order valence-electron chi connectivity index (χ2n) is 9.24. The summed E-state index contributed by atoms with van der Waals surface area (Å²) in [5.41, 5.74) is 4.47. The molecule has 0 unspecified atom stereocenters. The molecule has 0 radical (unpaired) electrons. The molecule has 1 amide bonds. The Balaban J connectivity index is 1.64. The minimum Gasteiger partial charge on any atom is -0.497 e. The fraction of sp³-hybridized carbons (Fsp3) is 0.310. The lowest BCUT2D eigenvalue weighted by Crippen LogP contribution is -2.33. The van der Waals surface area contributed by atoms with Crippen molar-refractivity contribution in [1.82, 2.24) is 14.9 Å². The molecule has 4 rings (SSSR count). The Hall–Kier alpha value is -3.51. The van der Waals surface area contributed by atoms with E-state index in [1.165, 1.54) is 0 Å². The van der Waals surface area contributed by atoms with Crippen LogP contribution >= 0.6 is 11.6 Å². The molecule has 188 valence electrons. The molecule has 0 saturated carbocycles. The summed E-state index contributed by atoms with van der Waals surface area (Å²) < 4.78 is 10.8. The van der Waals surface area contributed by atoms with E-state index in [1.54, 1.807) is 32.4 Å². The molecule has 0 fully saturated rings. The zero-order valence-corrected chi connectivity index (χ0v) is 21.9. The Morgan fingerprint density at radius 1 is 1.03 bits per heavy atom. The van der Waals surface area contributed by atoms with Gasteiger partial charge in [0, 0.05) is 24.1 Å². The average Bonchev–Trinajstić information content (AvgIpc) is 3.30. The molecular formula is C29H32ClN3O3. The van der Waals surface area contributed by atoms with Gasteiger partial charge >= 0.3 is 0 Å². The molecule has 7 heteroatoms. The number of aromatic nitrogens is 2. The number of benzene rings is 3. The summed E-state index contributed by atoms with van der Waals surface area (Å²) in [6.45, 7) is 5.27. The SMILES string of the molecule is COc1ccc(C(=O)N(CCC(C)C)Cc2nc3c(Cc4ccccc4Cl)cccc3[nH]2)c(OC)c1. The monoisotopic (exact) mass is 505 g/mol. The molecule has 3 aromatic carbocycles. The van der Waals surface area contributed by atoms with Gasteiger partial charge in [-0.2, -0.15) is 0 Å². The molecule has 36 heavy (non-hydrogen) atoms. The molecular weight excluding hydrogens is 474 g/mol. The van der Waals surface area contributed by atoms with Gasteiger partial charge in [-0.3, -0.25) is 4.79 Å². The van der Waals surface area contributed by atoms with Crippen molar-refractivity contribution in [2.45, 2.75) is 33.2 Å². The lowest BCUT2D eigenvalue weighted by Gasteiger charge is -2.24. The van der Waals surface area contributed by atoms with Crippen LogP contribution in [0.2, 0.25) is 5.02 Å². The van der Waals surface area contributed by atoms with Crippen molar-refractivity contribution in [2.75, 3.05) is 20.8 Å².